The SMILES string of the molecule is CCCCCCCCCCCCCCC(C)CCC(=O)O. The summed E-state index contributed by atoms with van der Waals surface area (Å²) in [5, 5.41) is 8.64. The van der Waals surface area contributed by atoms with Crippen molar-refractivity contribution in [1.82, 2.24) is 0 Å². The molecule has 21 heavy (non-hydrogen) atoms. The maximum absolute atomic E-state index is 10.5. The molecule has 0 aromatic heterocycles. The quantitative estimate of drug-likeness (QED) is 0.327. The highest BCUT2D eigenvalue weighted by Crippen LogP contribution is 2.17. The average Bonchev–Trinajstić information content (AvgIpc) is 2.46. The van der Waals surface area contributed by atoms with Gasteiger partial charge in [0.05, 0.1) is 0 Å². The molecule has 0 aromatic carbocycles. The van der Waals surface area contributed by atoms with Gasteiger partial charge in [-0.25, -0.2) is 0 Å². The number of carbonyl (C=O) groups is 1. The molecule has 126 valence electrons. The molecule has 0 spiro atoms. The van der Waals surface area contributed by atoms with Crippen molar-refractivity contribution in [1.29, 1.82) is 0 Å². The van der Waals surface area contributed by atoms with Gasteiger partial charge in [-0.05, 0) is 12.3 Å². The number of hydrogen-bond donors (Lipinski definition) is 1. The van der Waals surface area contributed by atoms with Gasteiger partial charge in [0.1, 0.15) is 0 Å². The van der Waals surface area contributed by atoms with Crippen molar-refractivity contribution in [3.63, 3.8) is 0 Å². The standard InChI is InChI=1S/C19H38O2/c1-3-4-5-6-7-8-9-10-11-12-13-14-15-18(2)16-17-19(20)21/h18H,3-17H2,1-2H3,(H,20,21). The van der Waals surface area contributed by atoms with Crippen LogP contribution in [0.5, 0.6) is 0 Å². The molecular weight excluding hydrogens is 260 g/mol. The van der Waals surface area contributed by atoms with Crippen LogP contribution in [-0.4, -0.2) is 11.1 Å². The molecular formula is C19H38O2. The largest absolute Gasteiger partial charge is 0.481 e. The van der Waals surface area contributed by atoms with E-state index in [1.807, 2.05) is 0 Å². The van der Waals surface area contributed by atoms with E-state index in [0.717, 1.165) is 6.42 Å². The smallest absolute Gasteiger partial charge is 0.303 e. The van der Waals surface area contributed by atoms with Gasteiger partial charge in [0.2, 0.25) is 0 Å². The first-order valence-electron chi connectivity index (χ1n) is 9.38. The summed E-state index contributed by atoms with van der Waals surface area (Å²) in [6.07, 6.45) is 19.0. The Balaban J connectivity index is 3.10. The Morgan fingerprint density at radius 1 is 0.762 bits per heavy atom. The number of rotatable bonds is 16. The van der Waals surface area contributed by atoms with Crippen LogP contribution in [0.3, 0.4) is 0 Å². The third-order valence-electron chi connectivity index (χ3n) is 4.40. The maximum atomic E-state index is 10.5. The van der Waals surface area contributed by atoms with Crippen LogP contribution in [0.15, 0.2) is 0 Å². The van der Waals surface area contributed by atoms with Gasteiger partial charge < -0.3 is 5.11 Å². The molecule has 0 bridgehead atoms. The topological polar surface area (TPSA) is 37.3 Å². The lowest BCUT2D eigenvalue weighted by molar-refractivity contribution is -0.137. The van der Waals surface area contributed by atoms with Gasteiger partial charge in [0.15, 0.2) is 0 Å². The molecule has 1 atom stereocenters. The third kappa shape index (κ3) is 17.4. The van der Waals surface area contributed by atoms with Crippen molar-refractivity contribution in [2.45, 2.75) is 110 Å². The van der Waals surface area contributed by atoms with E-state index in [1.54, 1.807) is 0 Å². The fourth-order valence-electron chi connectivity index (χ4n) is 2.85. The first kappa shape index (κ1) is 20.5. The van der Waals surface area contributed by atoms with Gasteiger partial charge >= 0.3 is 5.97 Å². The number of hydrogen-bond acceptors (Lipinski definition) is 1. The van der Waals surface area contributed by atoms with Crippen LogP contribution >= 0.6 is 0 Å². The maximum Gasteiger partial charge on any atom is 0.303 e. The van der Waals surface area contributed by atoms with Crippen molar-refractivity contribution in [3.8, 4) is 0 Å². The Morgan fingerprint density at radius 3 is 1.62 bits per heavy atom. The highest BCUT2D eigenvalue weighted by Gasteiger charge is 2.05. The Hall–Kier alpha value is -0.530. The molecule has 1 N–H and O–H groups in total. The van der Waals surface area contributed by atoms with Crippen LogP contribution in [0, 0.1) is 5.92 Å². The van der Waals surface area contributed by atoms with E-state index in [4.69, 9.17) is 5.11 Å². The summed E-state index contributed by atoms with van der Waals surface area (Å²) in [7, 11) is 0. The molecule has 1 unspecified atom stereocenters. The Labute approximate surface area is 132 Å². The number of carboxylic acid groups (broad SMARTS) is 1. The van der Waals surface area contributed by atoms with E-state index >= 15 is 0 Å². The molecule has 0 saturated carbocycles. The van der Waals surface area contributed by atoms with Crippen molar-refractivity contribution >= 4 is 5.97 Å². The van der Waals surface area contributed by atoms with Gasteiger partial charge in [-0.15, -0.1) is 0 Å². The summed E-state index contributed by atoms with van der Waals surface area (Å²) >= 11 is 0. The summed E-state index contributed by atoms with van der Waals surface area (Å²) in [6, 6.07) is 0. The molecule has 2 nitrogen and oxygen atoms in total. The second-order valence-corrected chi connectivity index (χ2v) is 6.72. The molecule has 0 amide bonds. The molecule has 2 heteroatoms. The minimum atomic E-state index is -0.656. The van der Waals surface area contributed by atoms with Crippen LogP contribution in [0.2, 0.25) is 0 Å². The van der Waals surface area contributed by atoms with Crippen molar-refractivity contribution in [3.05, 3.63) is 0 Å². The van der Waals surface area contributed by atoms with E-state index in [2.05, 4.69) is 13.8 Å². The Kier molecular flexibility index (Phi) is 15.5. The first-order valence-corrected chi connectivity index (χ1v) is 9.38. The fraction of sp³-hybridized carbons (Fsp3) is 0.947. The Bertz CT molecular complexity index is 226. The summed E-state index contributed by atoms with van der Waals surface area (Å²) in [5.74, 6) is -0.0826. The van der Waals surface area contributed by atoms with Gasteiger partial charge in [-0.3, -0.25) is 4.79 Å². The fourth-order valence-corrected chi connectivity index (χ4v) is 2.85. The molecule has 0 aromatic rings. The molecule has 0 radical (unpaired) electrons. The Morgan fingerprint density at radius 2 is 1.19 bits per heavy atom. The predicted octanol–water partition coefficient (Wildman–Crippen LogP) is 6.58. The number of aliphatic carboxylic acids is 1. The van der Waals surface area contributed by atoms with Crippen LogP contribution in [-0.2, 0) is 4.79 Å². The molecule has 0 fully saturated rings. The lowest BCUT2D eigenvalue weighted by Crippen LogP contribution is -2.01. The van der Waals surface area contributed by atoms with E-state index in [0.29, 0.717) is 12.3 Å². The molecule has 0 aliphatic rings. The van der Waals surface area contributed by atoms with Gasteiger partial charge in [-0.1, -0.05) is 97.3 Å². The average molecular weight is 299 g/mol. The zero-order valence-electron chi connectivity index (χ0n) is 14.5. The van der Waals surface area contributed by atoms with E-state index in [1.165, 1.54) is 83.5 Å². The summed E-state index contributed by atoms with van der Waals surface area (Å²) in [4.78, 5) is 10.5. The monoisotopic (exact) mass is 298 g/mol. The first-order chi connectivity index (χ1) is 10.2. The second kappa shape index (κ2) is 15.9. The highest BCUT2D eigenvalue weighted by molar-refractivity contribution is 5.66. The summed E-state index contributed by atoms with van der Waals surface area (Å²) in [5.41, 5.74) is 0. The zero-order chi connectivity index (χ0) is 15.8. The van der Waals surface area contributed by atoms with E-state index in [-0.39, 0.29) is 0 Å². The summed E-state index contributed by atoms with van der Waals surface area (Å²) in [6.45, 7) is 4.45. The normalized spacial score (nSPS) is 12.5. The van der Waals surface area contributed by atoms with Crippen molar-refractivity contribution in [2.75, 3.05) is 0 Å². The van der Waals surface area contributed by atoms with Gasteiger partial charge in [0.25, 0.3) is 0 Å². The van der Waals surface area contributed by atoms with Gasteiger partial charge in [0, 0.05) is 6.42 Å². The minimum absolute atomic E-state index is 0.333. The van der Waals surface area contributed by atoms with Crippen LogP contribution in [0.25, 0.3) is 0 Å². The van der Waals surface area contributed by atoms with E-state index in [9.17, 15) is 4.79 Å². The lowest BCUT2D eigenvalue weighted by Gasteiger charge is -2.09. The molecule has 0 saturated heterocycles. The molecule has 0 rings (SSSR count). The lowest BCUT2D eigenvalue weighted by atomic mass is 9.97. The summed E-state index contributed by atoms with van der Waals surface area (Å²) < 4.78 is 0. The van der Waals surface area contributed by atoms with Crippen LogP contribution in [0.1, 0.15) is 110 Å². The second-order valence-electron chi connectivity index (χ2n) is 6.72. The third-order valence-corrected chi connectivity index (χ3v) is 4.40. The van der Waals surface area contributed by atoms with Crippen molar-refractivity contribution < 1.29 is 9.90 Å². The van der Waals surface area contributed by atoms with Crippen molar-refractivity contribution in [2.24, 2.45) is 5.92 Å². The van der Waals surface area contributed by atoms with Crippen LogP contribution in [0.4, 0.5) is 0 Å². The molecule has 0 heterocycles. The van der Waals surface area contributed by atoms with Crippen LogP contribution < -0.4 is 0 Å². The zero-order valence-corrected chi connectivity index (χ0v) is 14.5. The van der Waals surface area contributed by atoms with Gasteiger partial charge in [-0.2, -0.15) is 0 Å². The minimum Gasteiger partial charge on any atom is -0.481 e. The number of carboxylic acids is 1. The number of unbranched alkanes of at least 4 members (excludes halogenated alkanes) is 11. The predicted molar refractivity (Wildman–Crippen MR) is 91.7 cm³/mol. The molecule has 0 aliphatic heterocycles. The highest BCUT2D eigenvalue weighted by atomic mass is 16.4. The van der Waals surface area contributed by atoms with E-state index < -0.39 is 5.97 Å². The molecule has 0 aliphatic carbocycles.